The Morgan fingerprint density at radius 3 is 2.42 bits per heavy atom. The van der Waals surface area contributed by atoms with Gasteiger partial charge in [0.1, 0.15) is 12.0 Å². The summed E-state index contributed by atoms with van der Waals surface area (Å²) in [6.45, 7) is 4.85. The Bertz CT molecular complexity index is 981. The van der Waals surface area contributed by atoms with Gasteiger partial charge in [0.15, 0.2) is 5.96 Å². The third kappa shape index (κ3) is 6.05. The first-order valence-electron chi connectivity index (χ1n) is 10.1. The molecule has 2 aromatic rings. The number of rotatable bonds is 7. The minimum Gasteiger partial charge on any atom is -0.364 e. The van der Waals surface area contributed by atoms with Gasteiger partial charge in [-0.25, -0.2) is 8.42 Å². The maximum atomic E-state index is 12.6. The van der Waals surface area contributed by atoms with E-state index in [0.717, 1.165) is 5.56 Å². The lowest BCUT2D eigenvalue weighted by atomic mass is 10.1. The van der Waals surface area contributed by atoms with E-state index in [-0.39, 0.29) is 11.7 Å². The predicted molar refractivity (Wildman–Crippen MR) is 117 cm³/mol. The largest absolute Gasteiger partial charge is 0.364 e. The average Bonchev–Trinajstić information content (AvgIpc) is 3.27. The van der Waals surface area contributed by atoms with Crippen molar-refractivity contribution in [3.8, 4) is 0 Å². The first kappa shape index (κ1) is 22.8. The van der Waals surface area contributed by atoms with E-state index in [1.807, 2.05) is 24.0 Å². The van der Waals surface area contributed by atoms with Crippen LogP contribution < -0.4 is 10.6 Å². The van der Waals surface area contributed by atoms with E-state index in [0.29, 0.717) is 56.5 Å². The fourth-order valence-electron chi connectivity index (χ4n) is 3.32. The van der Waals surface area contributed by atoms with Gasteiger partial charge in [0.2, 0.25) is 10.0 Å². The van der Waals surface area contributed by atoms with Gasteiger partial charge in [-0.15, -0.1) is 0 Å². The molecule has 0 atom stereocenters. The topological polar surface area (TPSA) is 120 Å². The fraction of sp³-hybridized carbons (Fsp3) is 0.450. The van der Waals surface area contributed by atoms with E-state index in [9.17, 15) is 13.2 Å². The van der Waals surface area contributed by atoms with E-state index in [1.54, 1.807) is 25.2 Å². The quantitative estimate of drug-likeness (QED) is 0.471. The number of carbonyl (C=O) groups is 1. The van der Waals surface area contributed by atoms with Crippen LogP contribution >= 0.6 is 0 Å². The fourth-order valence-corrected chi connectivity index (χ4v) is 4.74. The number of nitrogens with one attached hydrogen (secondary N) is 2. The van der Waals surface area contributed by atoms with E-state index < -0.39 is 10.0 Å². The smallest absolute Gasteiger partial charge is 0.251 e. The highest BCUT2D eigenvalue weighted by Crippen LogP contribution is 2.13. The van der Waals surface area contributed by atoms with Crippen LogP contribution in [0.3, 0.4) is 0 Å². The summed E-state index contributed by atoms with van der Waals surface area (Å²) < 4.78 is 31.4. The standard InChI is InChI=1S/C20H28N6O4S/c1-3-22-19(27)17-6-4-16(5-7-17)14-23-20(21-2)25-9-11-26(12-10-25)31(28,29)15-18-8-13-30-24-18/h4-8,13H,3,9-12,14-15H2,1-2H3,(H,21,23)(H,22,27). The van der Waals surface area contributed by atoms with E-state index in [2.05, 4.69) is 20.8 Å². The van der Waals surface area contributed by atoms with Crippen LogP contribution in [0.2, 0.25) is 0 Å². The van der Waals surface area contributed by atoms with Crippen molar-refractivity contribution >= 4 is 21.9 Å². The van der Waals surface area contributed by atoms with Crippen molar-refractivity contribution in [3.63, 3.8) is 0 Å². The average molecular weight is 449 g/mol. The van der Waals surface area contributed by atoms with E-state index >= 15 is 0 Å². The van der Waals surface area contributed by atoms with Crippen LogP contribution in [0, 0.1) is 0 Å². The Morgan fingerprint density at radius 2 is 1.84 bits per heavy atom. The lowest BCUT2D eigenvalue weighted by Gasteiger charge is -2.35. The maximum absolute atomic E-state index is 12.6. The molecule has 0 aliphatic carbocycles. The van der Waals surface area contributed by atoms with Gasteiger partial charge in [-0.05, 0) is 24.6 Å². The van der Waals surface area contributed by atoms with Gasteiger partial charge in [0.25, 0.3) is 5.91 Å². The molecule has 0 radical (unpaired) electrons. The number of guanidine groups is 1. The highest BCUT2D eigenvalue weighted by atomic mass is 32.2. The summed E-state index contributed by atoms with van der Waals surface area (Å²) in [5.74, 6) is 0.457. The molecule has 1 amide bonds. The summed E-state index contributed by atoms with van der Waals surface area (Å²) in [7, 11) is -1.74. The van der Waals surface area contributed by atoms with Crippen LogP contribution in [-0.4, -0.2) is 74.4 Å². The normalized spacial score (nSPS) is 15.7. The summed E-state index contributed by atoms with van der Waals surface area (Å²) in [5, 5.41) is 9.77. The number of carbonyl (C=O) groups excluding carboxylic acids is 1. The van der Waals surface area contributed by atoms with Crippen LogP contribution in [-0.2, 0) is 22.3 Å². The minimum absolute atomic E-state index is 0.0887. The lowest BCUT2D eigenvalue weighted by molar-refractivity contribution is 0.0956. The van der Waals surface area contributed by atoms with E-state index in [1.165, 1.54) is 10.6 Å². The van der Waals surface area contributed by atoms with Crippen molar-refractivity contribution in [2.24, 2.45) is 4.99 Å². The summed E-state index contributed by atoms with van der Waals surface area (Å²) >= 11 is 0. The zero-order valence-electron chi connectivity index (χ0n) is 17.7. The van der Waals surface area contributed by atoms with Crippen LogP contribution in [0.4, 0.5) is 0 Å². The first-order valence-corrected chi connectivity index (χ1v) is 11.7. The first-order chi connectivity index (χ1) is 14.9. The summed E-state index contributed by atoms with van der Waals surface area (Å²) in [6.07, 6.45) is 1.37. The van der Waals surface area contributed by atoms with Crippen molar-refractivity contribution in [1.82, 2.24) is 25.0 Å². The molecule has 168 valence electrons. The molecule has 2 N–H and O–H groups in total. The van der Waals surface area contributed by atoms with Crippen LogP contribution in [0.1, 0.15) is 28.5 Å². The Morgan fingerprint density at radius 1 is 1.13 bits per heavy atom. The van der Waals surface area contributed by atoms with Crippen LogP contribution in [0.15, 0.2) is 46.1 Å². The molecular weight excluding hydrogens is 420 g/mol. The zero-order valence-corrected chi connectivity index (χ0v) is 18.6. The van der Waals surface area contributed by atoms with Gasteiger partial charge in [-0.3, -0.25) is 9.79 Å². The van der Waals surface area contributed by atoms with Crippen molar-refractivity contribution in [2.45, 2.75) is 19.2 Å². The van der Waals surface area contributed by atoms with Crippen molar-refractivity contribution in [2.75, 3.05) is 39.8 Å². The Hall–Kier alpha value is -2.92. The molecule has 1 fully saturated rings. The van der Waals surface area contributed by atoms with Gasteiger partial charge in [-0.1, -0.05) is 17.3 Å². The number of nitrogens with zero attached hydrogens (tertiary/aromatic N) is 4. The molecule has 0 saturated carbocycles. The van der Waals surface area contributed by atoms with Gasteiger partial charge in [0.05, 0.1) is 5.69 Å². The van der Waals surface area contributed by atoms with Gasteiger partial charge in [0, 0.05) is 57.9 Å². The number of aromatic nitrogens is 1. The SMILES string of the molecule is CCNC(=O)c1ccc(CNC(=NC)N2CCN(S(=O)(=O)Cc3ccon3)CC2)cc1. The molecule has 0 bridgehead atoms. The Labute approximate surface area is 182 Å². The summed E-state index contributed by atoms with van der Waals surface area (Å²) in [5.41, 5.74) is 2.04. The van der Waals surface area contributed by atoms with E-state index in [4.69, 9.17) is 4.52 Å². The molecule has 0 spiro atoms. The molecule has 11 heteroatoms. The maximum Gasteiger partial charge on any atom is 0.251 e. The van der Waals surface area contributed by atoms with Crippen molar-refractivity contribution in [1.29, 1.82) is 0 Å². The number of benzene rings is 1. The Kier molecular flexibility index (Phi) is 7.64. The van der Waals surface area contributed by atoms with Gasteiger partial charge in [-0.2, -0.15) is 4.31 Å². The van der Waals surface area contributed by atoms with Crippen molar-refractivity contribution < 1.29 is 17.7 Å². The van der Waals surface area contributed by atoms with Gasteiger partial charge < -0.3 is 20.1 Å². The molecule has 3 rings (SSSR count). The third-order valence-corrected chi connectivity index (χ3v) is 6.78. The second-order valence-electron chi connectivity index (χ2n) is 7.09. The second-order valence-corrected chi connectivity index (χ2v) is 9.06. The molecule has 1 saturated heterocycles. The summed E-state index contributed by atoms with van der Waals surface area (Å²) in [4.78, 5) is 18.2. The number of aliphatic imine (C=N–C) groups is 1. The molecule has 1 aliphatic rings. The third-order valence-electron chi connectivity index (χ3n) is 4.97. The molecule has 2 heterocycles. The van der Waals surface area contributed by atoms with Crippen LogP contribution in [0.5, 0.6) is 0 Å². The molecular formula is C20H28N6O4S. The molecule has 1 aromatic heterocycles. The van der Waals surface area contributed by atoms with Crippen molar-refractivity contribution in [3.05, 3.63) is 53.4 Å². The molecule has 1 aliphatic heterocycles. The van der Waals surface area contributed by atoms with Crippen LogP contribution in [0.25, 0.3) is 0 Å². The van der Waals surface area contributed by atoms with Gasteiger partial charge >= 0.3 is 0 Å². The number of hydrogen-bond donors (Lipinski definition) is 2. The number of hydrogen-bond acceptors (Lipinski definition) is 6. The summed E-state index contributed by atoms with van der Waals surface area (Å²) in [6, 6.07) is 8.95. The molecule has 1 aromatic carbocycles. The highest BCUT2D eigenvalue weighted by Gasteiger charge is 2.28. The zero-order chi connectivity index (χ0) is 22.3. The molecule has 31 heavy (non-hydrogen) atoms. The number of amides is 1. The predicted octanol–water partition coefficient (Wildman–Crippen LogP) is 0.647. The highest BCUT2D eigenvalue weighted by molar-refractivity contribution is 7.88. The second kappa shape index (κ2) is 10.4. The monoisotopic (exact) mass is 448 g/mol. The Balaban J connectivity index is 1.51. The molecule has 10 nitrogen and oxygen atoms in total. The number of piperazine rings is 1. The minimum atomic E-state index is -3.44. The number of sulfonamides is 1. The lowest BCUT2D eigenvalue weighted by Crippen LogP contribution is -2.53. The molecule has 0 unspecified atom stereocenters.